The zero-order valence-electron chi connectivity index (χ0n) is 12.0. The Morgan fingerprint density at radius 2 is 1.86 bits per heavy atom. The van der Waals surface area contributed by atoms with Gasteiger partial charge in [-0.05, 0) is 31.6 Å². The molecule has 0 aromatic carbocycles. The zero-order chi connectivity index (χ0) is 15.2. The number of hydrogen-bond acceptors (Lipinski definition) is 6. The van der Waals surface area contributed by atoms with Crippen molar-refractivity contribution in [1.82, 2.24) is 0 Å². The van der Waals surface area contributed by atoms with Crippen LogP contribution in [0.4, 0.5) is 10.7 Å². The predicted octanol–water partition coefficient (Wildman–Crippen LogP) is 2.40. The number of nitrogens with one attached hydrogen (secondary N) is 1. The molecule has 0 spiro atoms. The molecule has 0 bridgehead atoms. The van der Waals surface area contributed by atoms with E-state index in [9.17, 15) is 13.2 Å². The molecule has 0 unspecified atom stereocenters. The Labute approximate surface area is 128 Å². The molecule has 1 saturated carbocycles. The number of sulfone groups is 1. The van der Waals surface area contributed by atoms with E-state index in [0.29, 0.717) is 29.3 Å². The molecule has 0 atom stereocenters. The number of rotatable bonds is 4. The first-order valence-electron chi connectivity index (χ1n) is 7.27. The van der Waals surface area contributed by atoms with Crippen LogP contribution in [0.3, 0.4) is 0 Å². The lowest BCUT2D eigenvalue weighted by Gasteiger charge is -2.24. The van der Waals surface area contributed by atoms with Crippen molar-refractivity contribution in [2.45, 2.75) is 44.6 Å². The van der Waals surface area contributed by atoms with Crippen molar-refractivity contribution in [3.05, 3.63) is 10.4 Å². The lowest BCUT2D eigenvalue weighted by molar-refractivity contribution is 0.102. The van der Waals surface area contributed by atoms with E-state index in [1.807, 2.05) is 0 Å². The van der Waals surface area contributed by atoms with E-state index in [-0.39, 0.29) is 23.3 Å². The van der Waals surface area contributed by atoms with Crippen LogP contribution >= 0.6 is 11.3 Å². The topological polar surface area (TPSA) is 89.3 Å². The van der Waals surface area contributed by atoms with Gasteiger partial charge in [-0.1, -0.05) is 0 Å². The van der Waals surface area contributed by atoms with Crippen LogP contribution in [-0.2, 0) is 9.84 Å². The van der Waals surface area contributed by atoms with Crippen LogP contribution in [0, 0.1) is 0 Å². The van der Waals surface area contributed by atoms with Gasteiger partial charge in [-0.15, -0.1) is 11.3 Å². The molecule has 1 aromatic heterocycles. The predicted molar refractivity (Wildman–Crippen MR) is 86.0 cm³/mol. The SMILES string of the molecule is CC(=O)c1sc(NC2CCS(=O)(=O)CC2)c(C2CC2)c1N. The fraction of sp³-hybridized carbons (Fsp3) is 0.643. The molecule has 116 valence electrons. The van der Waals surface area contributed by atoms with Crippen molar-refractivity contribution in [1.29, 1.82) is 0 Å². The molecule has 2 fully saturated rings. The van der Waals surface area contributed by atoms with Crippen LogP contribution in [0.25, 0.3) is 0 Å². The minimum atomic E-state index is -2.85. The summed E-state index contributed by atoms with van der Waals surface area (Å²) in [6.07, 6.45) is 3.48. The highest BCUT2D eigenvalue weighted by atomic mass is 32.2. The molecule has 2 heterocycles. The molecular formula is C14H20N2O3S2. The van der Waals surface area contributed by atoms with Crippen molar-refractivity contribution < 1.29 is 13.2 Å². The number of carbonyl (C=O) groups excluding carboxylic acids is 1. The lowest BCUT2D eigenvalue weighted by Crippen LogP contribution is -2.32. The van der Waals surface area contributed by atoms with E-state index < -0.39 is 9.84 Å². The van der Waals surface area contributed by atoms with Gasteiger partial charge >= 0.3 is 0 Å². The summed E-state index contributed by atoms with van der Waals surface area (Å²) in [5.41, 5.74) is 7.86. The van der Waals surface area contributed by atoms with Crippen LogP contribution in [0.2, 0.25) is 0 Å². The smallest absolute Gasteiger partial charge is 0.171 e. The molecule has 5 nitrogen and oxygen atoms in total. The largest absolute Gasteiger partial charge is 0.397 e. The standard InChI is InChI=1S/C14H20N2O3S2/c1-8(17)13-12(15)11(9-2-3-9)14(20-13)16-10-4-6-21(18,19)7-5-10/h9-10,16H,2-7,15H2,1H3. The Morgan fingerprint density at radius 1 is 1.24 bits per heavy atom. The van der Waals surface area contributed by atoms with Crippen LogP contribution in [0.5, 0.6) is 0 Å². The fourth-order valence-electron chi connectivity index (χ4n) is 2.82. The number of anilines is 2. The van der Waals surface area contributed by atoms with E-state index >= 15 is 0 Å². The van der Waals surface area contributed by atoms with Crippen molar-refractivity contribution in [2.75, 3.05) is 22.6 Å². The summed E-state index contributed by atoms with van der Waals surface area (Å²) in [5.74, 6) is 0.941. The van der Waals surface area contributed by atoms with Gasteiger partial charge in [-0.2, -0.15) is 0 Å². The van der Waals surface area contributed by atoms with Crippen LogP contribution in [-0.4, -0.2) is 31.7 Å². The molecule has 0 amide bonds. The van der Waals surface area contributed by atoms with Crippen molar-refractivity contribution in [3.8, 4) is 0 Å². The number of nitrogens with two attached hydrogens (primary N) is 1. The molecule has 1 aliphatic carbocycles. The minimum Gasteiger partial charge on any atom is -0.397 e. The van der Waals surface area contributed by atoms with Gasteiger partial charge in [-0.25, -0.2) is 8.42 Å². The van der Waals surface area contributed by atoms with Gasteiger partial charge in [0, 0.05) is 18.5 Å². The molecule has 0 radical (unpaired) electrons. The molecule has 7 heteroatoms. The number of ketones is 1. The van der Waals surface area contributed by atoms with Gasteiger partial charge in [-0.3, -0.25) is 4.79 Å². The van der Waals surface area contributed by atoms with Crippen molar-refractivity contribution >= 4 is 37.6 Å². The first-order valence-corrected chi connectivity index (χ1v) is 9.91. The number of carbonyl (C=O) groups is 1. The van der Waals surface area contributed by atoms with Crippen LogP contribution in [0.1, 0.15) is 53.8 Å². The first kappa shape index (κ1) is 14.8. The normalized spacial score (nSPS) is 22.1. The average molecular weight is 328 g/mol. The highest BCUT2D eigenvalue weighted by molar-refractivity contribution is 7.91. The van der Waals surface area contributed by atoms with Gasteiger partial charge in [0.2, 0.25) is 0 Å². The number of nitrogen functional groups attached to an aromatic ring is 1. The van der Waals surface area contributed by atoms with Gasteiger partial charge in [0.1, 0.15) is 9.84 Å². The maximum atomic E-state index is 11.7. The summed E-state index contributed by atoms with van der Waals surface area (Å²) in [5, 5.41) is 4.42. The van der Waals surface area contributed by atoms with E-state index in [1.165, 1.54) is 18.3 Å². The second-order valence-electron chi connectivity index (χ2n) is 5.99. The fourth-order valence-corrected chi connectivity index (χ4v) is 5.49. The van der Waals surface area contributed by atoms with Crippen molar-refractivity contribution in [2.24, 2.45) is 0 Å². The van der Waals surface area contributed by atoms with E-state index in [0.717, 1.165) is 23.4 Å². The van der Waals surface area contributed by atoms with E-state index in [4.69, 9.17) is 5.73 Å². The molecule has 1 saturated heterocycles. The minimum absolute atomic E-state index is 0.00123. The molecule has 1 aromatic rings. The number of hydrogen-bond donors (Lipinski definition) is 2. The summed E-state index contributed by atoms with van der Waals surface area (Å²) in [6.45, 7) is 1.54. The highest BCUT2D eigenvalue weighted by Gasteiger charge is 2.33. The second-order valence-corrected chi connectivity index (χ2v) is 9.31. The lowest BCUT2D eigenvalue weighted by atomic mass is 10.1. The van der Waals surface area contributed by atoms with E-state index in [1.54, 1.807) is 0 Å². The Balaban J connectivity index is 1.82. The van der Waals surface area contributed by atoms with Gasteiger partial charge in [0.25, 0.3) is 0 Å². The summed E-state index contributed by atoms with van der Waals surface area (Å²) in [4.78, 5) is 12.3. The zero-order valence-corrected chi connectivity index (χ0v) is 13.6. The van der Waals surface area contributed by atoms with Crippen LogP contribution in [0.15, 0.2) is 0 Å². The second kappa shape index (κ2) is 5.28. The molecule has 21 heavy (non-hydrogen) atoms. The Morgan fingerprint density at radius 3 is 2.38 bits per heavy atom. The van der Waals surface area contributed by atoms with Gasteiger partial charge in [0.05, 0.1) is 27.1 Å². The monoisotopic (exact) mass is 328 g/mol. The Hall–Kier alpha value is -1.08. The maximum absolute atomic E-state index is 11.7. The highest BCUT2D eigenvalue weighted by Crippen LogP contribution is 2.51. The molecule has 3 rings (SSSR count). The summed E-state index contributed by atoms with van der Waals surface area (Å²) >= 11 is 1.42. The Kier molecular flexibility index (Phi) is 3.73. The third-order valence-corrected chi connectivity index (χ3v) is 7.15. The van der Waals surface area contributed by atoms with Gasteiger partial charge in [0.15, 0.2) is 5.78 Å². The molecule has 1 aliphatic heterocycles. The summed E-state index contributed by atoms with van der Waals surface area (Å²) in [7, 11) is -2.85. The quantitative estimate of drug-likeness (QED) is 0.828. The third-order valence-electron chi connectivity index (χ3n) is 4.18. The van der Waals surface area contributed by atoms with Gasteiger partial charge < -0.3 is 11.1 Å². The summed E-state index contributed by atoms with van der Waals surface area (Å²) < 4.78 is 23.0. The van der Waals surface area contributed by atoms with Crippen LogP contribution < -0.4 is 11.1 Å². The third kappa shape index (κ3) is 3.08. The molecular weight excluding hydrogens is 308 g/mol. The van der Waals surface area contributed by atoms with Crippen molar-refractivity contribution in [3.63, 3.8) is 0 Å². The molecule has 3 N–H and O–H groups in total. The van der Waals surface area contributed by atoms with E-state index in [2.05, 4.69) is 5.32 Å². The summed E-state index contributed by atoms with van der Waals surface area (Å²) in [6, 6.07) is 0.156. The maximum Gasteiger partial charge on any atom is 0.171 e. The molecule has 2 aliphatic rings. The number of thiophene rings is 1. The first-order chi connectivity index (χ1) is 9.87. The Bertz CT molecular complexity index is 661. The number of Topliss-reactive ketones (excluding diaryl/α,β-unsaturated/α-hetero) is 1. The average Bonchev–Trinajstić information content (AvgIpc) is 3.17.